The summed E-state index contributed by atoms with van der Waals surface area (Å²) >= 11 is 0. The zero-order valence-corrected chi connectivity index (χ0v) is 22.1. The van der Waals surface area contributed by atoms with Crippen molar-refractivity contribution in [3.8, 4) is 23.0 Å². The zero-order chi connectivity index (χ0) is 27.1. The van der Waals surface area contributed by atoms with Crippen LogP contribution >= 0.6 is 0 Å². The number of amides is 1. The largest absolute Gasteiger partial charge is 0.493 e. The number of esters is 1. The van der Waals surface area contributed by atoms with E-state index in [1.165, 1.54) is 0 Å². The third-order valence-electron chi connectivity index (χ3n) is 6.46. The van der Waals surface area contributed by atoms with Gasteiger partial charge in [-0.05, 0) is 79.9 Å². The van der Waals surface area contributed by atoms with Crippen molar-refractivity contribution in [1.29, 1.82) is 0 Å². The molecule has 8 heteroatoms. The number of hydrogen-bond donors (Lipinski definition) is 0. The van der Waals surface area contributed by atoms with Crippen LogP contribution in [-0.4, -0.2) is 56.9 Å². The van der Waals surface area contributed by atoms with Crippen molar-refractivity contribution in [3.05, 3.63) is 83.4 Å². The Morgan fingerprint density at radius 1 is 0.947 bits per heavy atom. The molecular formula is C30H33NO7. The molecule has 200 valence electrons. The lowest BCUT2D eigenvalue weighted by Crippen LogP contribution is -2.47. The molecule has 0 spiro atoms. The standard InChI is InChI=1S/C30H33NO7/c1-5-36-30(33)21-11-13-23(14-12-21)37-19-26-25-18-28(35-4)27(34-3)17-22(25)15-16-31(26)29(32)20(2)38-24-9-7-6-8-10-24/h6-14,17-18,20,26H,5,15-16,19H2,1-4H3/t20-,26-/m1/s1. The number of fused-ring (bicyclic) bond motifs is 1. The lowest BCUT2D eigenvalue weighted by atomic mass is 9.91. The summed E-state index contributed by atoms with van der Waals surface area (Å²) in [5.41, 5.74) is 2.44. The molecule has 3 aromatic carbocycles. The van der Waals surface area contributed by atoms with Gasteiger partial charge < -0.3 is 28.6 Å². The van der Waals surface area contributed by atoms with Gasteiger partial charge >= 0.3 is 5.97 Å². The fraction of sp³-hybridized carbons (Fsp3) is 0.333. The molecule has 0 fully saturated rings. The molecule has 0 bridgehead atoms. The maximum Gasteiger partial charge on any atom is 0.338 e. The fourth-order valence-electron chi connectivity index (χ4n) is 4.54. The number of hydrogen-bond acceptors (Lipinski definition) is 7. The van der Waals surface area contributed by atoms with Crippen molar-refractivity contribution in [2.45, 2.75) is 32.4 Å². The number of rotatable bonds is 10. The second-order valence-corrected chi connectivity index (χ2v) is 8.83. The topological polar surface area (TPSA) is 83.5 Å². The highest BCUT2D eigenvalue weighted by molar-refractivity contribution is 5.89. The SMILES string of the molecule is CCOC(=O)c1ccc(OC[C@@H]2c3cc(OC)c(OC)cc3CCN2C(=O)[C@@H](C)Oc2ccccc2)cc1. The third-order valence-corrected chi connectivity index (χ3v) is 6.46. The van der Waals surface area contributed by atoms with E-state index in [-0.39, 0.29) is 18.5 Å². The summed E-state index contributed by atoms with van der Waals surface area (Å²) in [7, 11) is 3.19. The third kappa shape index (κ3) is 6.02. The van der Waals surface area contributed by atoms with Gasteiger partial charge in [-0.2, -0.15) is 0 Å². The Hall–Kier alpha value is -4.20. The number of para-hydroxylation sites is 1. The summed E-state index contributed by atoms with van der Waals surface area (Å²) in [4.78, 5) is 27.4. The van der Waals surface area contributed by atoms with Crippen molar-refractivity contribution in [2.24, 2.45) is 0 Å². The van der Waals surface area contributed by atoms with Gasteiger partial charge in [0.05, 0.1) is 32.4 Å². The maximum absolute atomic E-state index is 13.6. The molecule has 1 amide bonds. The van der Waals surface area contributed by atoms with Crippen LogP contribution in [0.2, 0.25) is 0 Å². The smallest absolute Gasteiger partial charge is 0.338 e. The minimum absolute atomic E-state index is 0.138. The van der Waals surface area contributed by atoms with Crippen molar-refractivity contribution in [2.75, 3.05) is 34.0 Å². The molecule has 0 aromatic heterocycles. The first-order valence-corrected chi connectivity index (χ1v) is 12.6. The quantitative estimate of drug-likeness (QED) is 0.354. The van der Waals surface area contributed by atoms with Gasteiger partial charge in [-0.3, -0.25) is 4.79 Å². The van der Waals surface area contributed by atoms with E-state index in [1.54, 1.807) is 57.2 Å². The lowest BCUT2D eigenvalue weighted by molar-refractivity contribution is -0.141. The number of nitrogens with zero attached hydrogens (tertiary/aromatic N) is 1. The Morgan fingerprint density at radius 3 is 2.29 bits per heavy atom. The van der Waals surface area contributed by atoms with Crippen molar-refractivity contribution in [1.82, 2.24) is 4.90 Å². The van der Waals surface area contributed by atoms with E-state index in [2.05, 4.69) is 0 Å². The van der Waals surface area contributed by atoms with Crippen LogP contribution in [0.4, 0.5) is 0 Å². The molecule has 8 nitrogen and oxygen atoms in total. The molecule has 3 aromatic rings. The van der Waals surface area contributed by atoms with Crippen LogP contribution in [-0.2, 0) is 16.0 Å². The van der Waals surface area contributed by atoms with Crippen molar-refractivity contribution in [3.63, 3.8) is 0 Å². The van der Waals surface area contributed by atoms with E-state index >= 15 is 0 Å². The van der Waals surface area contributed by atoms with E-state index in [4.69, 9.17) is 23.7 Å². The number of methoxy groups -OCH3 is 2. The normalized spacial score (nSPS) is 15.2. The van der Waals surface area contributed by atoms with Crippen LogP contribution in [0.15, 0.2) is 66.7 Å². The van der Waals surface area contributed by atoms with Gasteiger partial charge in [-0.1, -0.05) is 18.2 Å². The molecule has 1 aliphatic rings. The van der Waals surface area contributed by atoms with E-state index in [0.717, 1.165) is 11.1 Å². The van der Waals surface area contributed by atoms with E-state index in [0.29, 0.717) is 48.1 Å². The molecule has 0 saturated heterocycles. The van der Waals surface area contributed by atoms with Crippen molar-refractivity contribution < 1.29 is 33.3 Å². The minimum atomic E-state index is -0.689. The van der Waals surface area contributed by atoms with Crippen LogP contribution in [0.5, 0.6) is 23.0 Å². The maximum atomic E-state index is 13.6. The van der Waals surface area contributed by atoms with Gasteiger partial charge in [-0.15, -0.1) is 0 Å². The van der Waals surface area contributed by atoms with Crippen LogP contribution in [0.1, 0.15) is 41.4 Å². The molecule has 4 rings (SSSR count). The minimum Gasteiger partial charge on any atom is -0.493 e. The van der Waals surface area contributed by atoms with Gasteiger partial charge in [0.15, 0.2) is 17.6 Å². The summed E-state index contributed by atoms with van der Waals surface area (Å²) < 4.78 is 28.2. The van der Waals surface area contributed by atoms with E-state index in [1.807, 2.05) is 42.5 Å². The second-order valence-electron chi connectivity index (χ2n) is 8.83. The van der Waals surface area contributed by atoms with Crippen LogP contribution in [0.25, 0.3) is 0 Å². The molecule has 0 unspecified atom stereocenters. The van der Waals surface area contributed by atoms with Crippen LogP contribution < -0.4 is 18.9 Å². The van der Waals surface area contributed by atoms with Crippen LogP contribution in [0, 0.1) is 0 Å². The number of carbonyl (C=O) groups excluding carboxylic acids is 2. The Bertz CT molecular complexity index is 1240. The highest BCUT2D eigenvalue weighted by atomic mass is 16.5. The number of carbonyl (C=O) groups is 2. The molecular weight excluding hydrogens is 486 g/mol. The fourth-order valence-corrected chi connectivity index (χ4v) is 4.54. The predicted molar refractivity (Wildman–Crippen MR) is 142 cm³/mol. The summed E-state index contributed by atoms with van der Waals surface area (Å²) in [5, 5.41) is 0. The first-order valence-electron chi connectivity index (χ1n) is 12.6. The summed E-state index contributed by atoms with van der Waals surface area (Å²) in [5.74, 6) is 1.91. The lowest BCUT2D eigenvalue weighted by Gasteiger charge is -2.38. The average molecular weight is 520 g/mol. The highest BCUT2D eigenvalue weighted by Crippen LogP contribution is 2.39. The number of benzene rings is 3. The monoisotopic (exact) mass is 519 g/mol. The molecule has 0 saturated carbocycles. The summed E-state index contributed by atoms with van der Waals surface area (Å²) in [6.07, 6.45) is -0.0324. The molecule has 0 radical (unpaired) electrons. The molecule has 38 heavy (non-hydrogen) atoms. The molecule has 0 aliphatic carbocycles. The zero-order valence-electron chi connectivity index (χ0n) is 22.1. The van der Waals surface area contributed by atoms with Crippen LogP contribution in [0.3, 0.4) is 0 Å². The number of ether oxygens (including phenoxy) is 5. The molecule has 1 heterocycles. The average Bonchev–Trinajstić information content (AvgIpc) is 2.95. The molecule has 0 N–H and O–H groups in total. The second kappa shape index (κ2) is 12.4. The first-order chi connectivity index (χ1) is 18.4. The highest BCUT2D eigenvalue weighted by Gasteiger charge is 2.35. The first kappa shape index (κ1) is 26.9. The Kier molecular flexibility index (Phi) is 8.73. The van der Waals surface area contributed by atoms with Gasteiger partial charge in [0.1, 0.15) is 18.1 Å². The predicted octanol–water partition coefficient (Wildman–Crippen LogP) is 4.85. The van der Waals surface area contributed by atoms with Gasteiger partial charge in [0, 0.05) is 6.54 Å². The summed E-state index contributed by atoms with van der Waals surface area (Å²) in [6, 6.07) is 19.5. The Labute approximate surface area is 223 Å². The summed E-state index contributed by atoms with van der Waals surface area (Å²) in [6.45, 7) is 4.53. The van der Waals surface area contributed by atoms with Gasteiger partial charge in [-0.25, -0.2) is 4.79 Å². The van der Waals surface area contributed by atoms with Gasteiger partial charge in [0.25, 0.3) is 5.91 Å². The van der Waals surface area contributed by atoms with E-state index < -0.39 is 12.1 Å². The molecule has 2 atom stereocenters. The molecule has 1 aliphatic heterocycles. The Balaban J connectivity index is 1.59. The van der Waals surface area contributed by atoms with Crippen molar-refractivity contribution >= 4 is 11.9 Å². The van der Waals surface area contributed by atoms with E-state index in [9.17, 15) is 9.59 Å². The van der Waals surface area contributed by atoms with Gasteiger partial charge in [0.2, 0.25) is 0 Å². The Morgan fingerprint density at radius 2 is 1.63 bits per heavy atom.